The Morgan fingerprint density at radius 1 is 1.40 bits per heavy atom. The molecule has 0 aliphatic carbocycles. The fourth-order valence-electron chi connectivity index (χ4n) is 2.40. The molecule has 0 aromatic heterocycles. The smallest absolute Gasteiger partial charge is 0.260 e. The van der Waals surface area contributed by atoms with Crippen LogP contribution < -0.4 is 9.47 Å². The maximum absolute atomic E-state index is 12.1. The molecule has 20 heavy (non-hydrogen) atoms. The van der Waals surface area contributed by atoms with Crippen molar-refractivity contribution in [2.75, 3.05) is 26.8 Å². The van der Waals surface area contributed by atoms with Crippen LogP contribution >= 0.6 is 0 Å². The monoisotopic (exact) mass is 279 g/mol. The summed E-state index contributed by atoms with van der Waals surface area (Å²) >= 11 is 0. The third-order valence-electron chi connectivity index (χ3n) is 3.45. The molecule has 0 radical (unpaired) electrons. The topological polar surface area (TPSA) is 59.0 Å². The van der Waals surface area contributed by atoms with Crippen LogP contribution in [0.5, 0.6) is 11.5 Å². The Morgan fingerprint density at radius 2 is 2.10 bits per heavy atom. The number of methoxy groups -OCH3 is 1. The molecule has 1 N–H and O–H groups in total. The number of carbonyl (C=O) groups excluding carboxylic acids is 1. The number of para-hydroxylation sites is 2. The van der Waals surface area contributed by atoms with E-state index in [0.717, 1.165) is 12.8 Å². The van der Waals surface area contributed by atoms with Gasteiger partial charge in [-0.2, -0.15) is 0 Å². The number of benzene rings is 1. The number of amides is 1. The average Bonchev–Trinajstić information content (AvgIpc) is 2.44. The second-order valence-electron chi connectivity index (χ2n) is 5.36. The summed E-state index contributed by atoms with van der Waals surface area (Å²) in [4.78, 5) is 13.8. The molecular weight excluding hydrogens is 258 g/mol. The van der Waals surface area contributed by atoms with Gasteiger partial charge in [0, 0.05) is 13.1 Å². The van der Waals surface area contributed by atoms with Crippen LogP contribution in [-0.2, 0) is 4.79 Å². The second kappa shape index (κ2) is 6.13. The van der Waals surface area contributed by atoms with Crippen molar-refractivity contribution in [1.29, 1.82) is 0 Å². The Hall–Kier alpha value is -1.75. The first-order valence-corrected chi connectivity index (χ1v) is 6.78. The summed E-state index contributed by atoms with van der Waals surface area (Å²) < 4.78 is 10.7. The molecular formula is C15H21NO4. The normalized spacial score (nSPS) is 22.4. The number of nitrogens with zero attached hydrogens (tertiary/aromatic N) is 1. The van der Waals surface area contributed by atoms with Crippen molar-refractivity contribution in [3.05, 3.63) is 24.3 Å². The van der Waals surface area contributed by atoms with Crippen LogP contribution in [-0.4, -0.2) is 48.3 Å². The maximum atomic E-state index is 12.1. The molecule has 110 valence electrons. The summed E-state index contributed by atoms with van der Waals surface area (Å²) in [6, 6.07) is 7.22. The zero-order valence-corrected chi connectivity index (χ0v) is 12.0. The lowest BCUT2D eigenvalue weighted by molar-refractivity contribution is -0.139. The molecule has 1 atom stereocenters. The van der Waals surface area contributed by atoms with E-state index in [-0.39, 0.29) is 12.5 Å². The number of rotatable bonds is 4. The lowest BCUT2D eigenvalue weighted by Crippen LogP contribution is -2.49. The van der Waals surface area contributed by atoms with E-state index < -0.39 is 5.60 Å². The highest BCUT2D eigenvalue weighted by Crippen LogP contribution is 2.26. The van der Waals surface area contributed by atoms with Crippen molar-refractivity contribution in [2.45, 2.75) is 25.4 Å². The maximum Gasteiger partial charge on any atom is 0.260 e. The van der Waals surface area contributed by atoms with Crippen LogP contribution in [0.2, 0.25) is 0 Å². The first-order chi connectivity index (χ1) is 9.52. The number of β-amino-alcohol motifs (C(OH)–C–C–N with tert-alkyl or cyclic N) is 1. The minimum absolute atomic E-state index is 0.0452. The zero-order chi connectivity index (χ0) is 14.6. The van der Waals surface area contributed by atoms with Crippen LogP contribution in [0.15, 0.2) is 24.3 Å². The highest BCUT2D eigenvalue weighted by atomic mass is 16.5. The van der Waals surface area contributed by atoms with Gasteiger partial charge in [0.2, 0.25) is 0 Å². The van der Waals surface area contributed by atoms with Crippen molar-refractivity contribution >= 4 is 5.91 Å². The summed E-state index contributed by atoms with van der Waals surface area (Å²) in [6.45, 7) is 2.75. The lowest BCUT2D eigenvalue weighted by Gasteiger charge is -2.36. The van der Waals surface area contributed by atoms with Crippen molar-refractivity contribution in [3.63, 3.8) is 0 Å². The van der Waals surface area contributed by atoms with E-state index >= 15 is 0 Å². The number of hydrogen-bond donors (Lipinski definition) is 1. The molecule has 1 unspecified atom stereocenters. The number of aliphatic hydroxyl groups is 1. The third-order valence-corrected chi connectivity index (χ3v) is 3.45. The van der Waals surface area contributed by atoms with E-state index in [1.165, 1.54) is 0 Å². The Bertz CT molecular complexity index is 473. The molecule has 0 spiro atoms. The highest BCUT2D eigenvalue weighted by Gasteiger charge is 2.30. The standard InChI is InChI=1S/C15H21NO4/c1-15(18)8-5-9-16(11-15)14(17)10-20-13-7-4-3-6-12(13)19-2/h3-4,6-7,18H,5,8-11H2,1-2H3. The SMILES string of the molecule is COc1ccccc1OCC(=O)N1CCCC(C)(O)C1. The van der Waals surface area contributed by atoms with Gasteiger partial charge in [-0.15, -0.1) is 0 Å². The van der Waals surface area contributed by atoms with Gasteiger partial charge in [-0.1, -0.05) is 12.1 Å². The quantitative estimate of drug-likeness (QED) is 0.906. The molecule has 1 aromatic rings. The minimum Gasteiger partial charge on any atom is -0.493 e. The highest BCUT2D eigenvalue weighted by molar-refractivity contribution is 5.78. The van der Waals surface area contributed by atoms with Crippen molar-refractivity contribution in [3.8, 4) is 11.5 Å². The predicted molar refractivity (Wildman–Crippen MR) is 74.9 cm³/mol. The Labute approximate surface area is 119 Å². The average molecular weight is 279 g/mol. The molecule has 1 heterocycles. The molecule has 1 aliphatic rings. The fraction of sp³-hybridized carbons (Fsp3) is 0.533. The fourth-order valence-corrected chi connectivity index (χ4v) is 2.40. The van der Waals surface area contributed by atoms with Crippen molar-refractivity contribution in [1.82, 2.24) is 4.90 Å². The minimum atomic E-state index is -0.793. The van der Waals surface area contributed by atoms with Crippen LogP contribution in [0, 0.1) is 0 Å². The Morgan fingerprint density at radius 3 is 2.75 bits per heavy atom. The summed E-state index contributed by atoms with van der Waals surface area (Å²) in [5.74, 6) is 1.04. The first kappa shape index (κ1) is 14.7. The van der Waals surface area contributed by atoms with Crippen LogP contribution in [0.3, 0.4) is 0 Å². The van der Waals surface area contributed by atoms with Crippen molar-refractivity contribution < 1.29 is 19.4 Å². The molecule has 0 saturated carbocycles. The van der Waals surface area contributed by atoms with E-state index in [1.807, 2.05) is 12.1 Å². The molecule has 1 aromatic carbocycles. The number of hydrogen-bond acceptors (Lipinski definition) is 4. The van der Waals surface area contributed by atoms with Crippen LogP contribution in [0.4, 0.5) is 0 Å². The summed E-state index contributed by atoms with van der Waals surface area (Å²) in [6.07, 6.45) is 1.54. The summed E-state index contributed by atoms with van der Waals surface area (Å²) in [7, 11) is 1.56. The number of likely N-dealkylation sites (tertiary alicyclic amines) is 1. The van der Waals surface area contributed by atoms with Gasteiger partial charge < -0.3 is 19.5 Å². The molecule has 1 saturated heterocycles. The number of carbonyl (C=O) groups is 1. The molecule has 0 bridgehead atoms. The van der Waals surface area contributed by atoms with Crippen LogP contribution in [0.25, 0.3) is 0 Å². The molecule has 1 fully saturated rings. The second-order valence-corrected chi connectivity index (χ2v) is 5.36. The zero-order valence-electron chi connectivity index (χ0n) is 12.0. The molecule has 2 rings (SSSR count). The largest absolute Gasteiger partial charge is 0.493 e. The van der Waals surface area contributed by atoms with Gasteiger partial charge in [-0.25, -0.2) is 0 Å². The van der Waals surface area contributed by atoms with Gasteiger partial charge >= 0.3 is 0 Å². The molecule has 1 aliphatic heterocycles. The number of ether oxygens (including phenoxy) is 2. The first-order valence-electron chi connectivity index (χ1n) is 6.78. The Kier molecular flexibility index (Phi) is 4.49. The van der Waals surface area contributed by atoms with E-state index in [2.05, 4.69) is 0 Å². The van der Waals surface area contributed by atoms with Gasteiger partial charge in [-0.3, -0.25) is 4.79 Å². The lowest BCUT2D eigenvalue weighted by atomic mass is 9.95. The van der Waals surface area contributed by atoms with Gasteiger partial charge in [-0.05, 0) is 31.9 Å². The van der Waals surface area contributed by atoms with E-state index in [1.54, 1.807) is 31.1 Å². The van der Waals surface area contributed by atoms with E-state index in [4.69, 9.17) is 9.47 Å². The summed E-state index contributed by atoms with van der Waals surface area (Å²) in [5.41, 5.74) is -0.793. The predicted octanol–water partition coefficient (Wildman–Crippen LogP) is 1.45. The Balaban J connectivity index is 1.92. The number of piperidine rings is 1. The van der Waals surface area contributed by atoms with Gasteiger partial charge in [0.25, 0.3) is 5.91 Å². The van der Waals surface area contributed by atoms with Gasteiger partial charge in [0.05, 0.1) is 12.7 Å². The van der Waals surface area contributed by atoms with Crippen molar-refractivity contribution in [2.24, 2.45) is 0 Å². The van der Waals surface area contributed by atoms with Crippen LogP contribution in [0.1, 0.15) is 19.8 Å². The van der Waals surface area contributed by atoms with Gasteiger partial charge in [0.1, 0.15) is 0 Å². The summed E-state index contributed by atoms with van der Waals surface area (Å²) in [5, 5.41) is 10.0. The molecule has 5 nitrogen and oxygen atoms in total. The third kappa shape index (κ3) is 3.63. The molecule has 5 heteroatoms. The molecule has 1 amide bonds. The van der Waals surface area contributed by atoms with E-state index in [0.29, 0.717) is 24.6 Å². The van der Waals surface area contributed by atoms with E-state index in [9.17, 15) is 9.90 Å². The van der Waals surface area contributed by atoms with Gasteiger partial charge in [0.15, 0.2) is 18.1 Å².